The van der Waals surface area contributed by atoms with Crippen molar-refractivity contribution in [3.63, 3.8) is 0 Å². The van der Waals surface area contributed by atoms with Crippen LogP contribution in [0.3, 0.4) is 0 Å². The number of benzene rings is 1. The molecule has 1 aromatic carbocycles. The Hall–Kier alpha value is -2.96. The van der Waals surface area contributed by atoms with Gasteiger partial charge in [-0.2, -0.15) is 4.98 Å². The van der Waals surface area contributed by atoms with E-state index in [0.29, 0.717) is 31.1 Å². The highest BCUT2D eigenvalue weighted by Crippen LogP contribution is 2.17. The van der Waals surface area contributed by atoms with E-state index in [9.17, 15) is 4.79 Å². The Morgan fingerprint density at radius 2 is 1.88 bits per heavy atom. The highest BCUT2D eigenvalue weighted by Gasteiger charge is 2.17. The molecule has 130 valence electrons. The lowest BCUT2D eigenvalue weighted by Crippen LogP contribution is -2.26. The zero-order valence-corrected chi connectivity index (χ0v) is 14.5. The third-order valence-corrected chi connectivity index (χ3v) is 4.06. The first-order chi connectivity index (χ1) is 12.0. The van der Waals surface area contributed by atoms with Crippen LogP contribution in [-0.2, 0) is 17.8 Å². The average Bonchev–Trinajstić information content (AvgIpc) is 3.22. The van der Waals surface area contributed by atoms with Crippen molar-refractivity contribution in [3.8, 4) is 11.4 Å². The third kappa shape index (κ3) is 3.93. The van der Waals surface area contributed by atoms with Gasteiger partial charge in [0.25, 0.3) is 0 Å². The molecule has 3 rings (SSSR count). The van der Waals surface area contributed by atoms with Gasteiger partial charge in [0.05, 0.1) is 12.2 Å². The van der Waals surface area contributed by atoms with E-state index < -0.39 is 0 Å². The van der Waals surface area contributed by atoms with Crippen LogP contribution in [0.5, 0.6) is 0 Å². The zero-order chi connectivity index (χ0) is 17.8. The van der Waals surface area contributed by atoms with Gasteiger partial charge in [0.2, 0.25) is 17.6 Å². The number of amides is 1. The normalized spacial score (nSPS) is 10.8. The van der Waals surface area contributed by atoms with E-state index in [-0.39, 0.29) is 5.91 Å². The van der Waals surface area contributed by atoms with Gasteiger partial charge in [0.15, 0.2) is 0 Å². The topological polar surface area (TPSA) is 85.3 Å². The van der Waals surface area contributed by atoms with Crippen molar-refractivity contribution in [2.24, 2.45) is 0 Å². The van der Waals surface area contributed by atoms with Crippen molar-refractivity contribution in [1.29, 1.82) is 0 Å². The standard InChI is InChI=1S/C18H20N4O3/c1-12-15(13(2)24-20-12)11-22(3)17(23)10-9-16-19-18(21-25-16)14-7-5-4-6-8-14/h4-8H,9-11H2,1-3H3. The zero-order valence-electron chi connectivity index (χ0n) is 14.5. The number of nitrogens with zero attached hydrogens (tertiary/aromatic N) is 4. The first-order valence-electron chi connectivity index (χ1n) is 8.08. The maximum Gasteiger partial charge on any atom is 0.227 e. The van der Waals surface area contributed by atoms with Gasteiger partial charge in [-0.3, -0.25) is 4.79 Å². The van der Waals surface area contributed by atoms with E-state index in [1.165, 1.54) is 0 Å². The molecule has 0 radical (unpaired) electrons. The highest BCUT2D eigenvalue weighted by molar-refractivity contribution is 5.76. The van der Waals surface area contributed by atoms with Crippen molar-refractivity contribution >= 4 is 5.91 Å². The number of carbonyl (C=O) groups excluding carboxylic acids is 1. The van der Waals surface area contributed by atoms with Gasteiger partial charge in [-0.1, -0.05) is 40.6 Å². The van der Waals surface area contributed by atoms with Gasteiger partial charge in [-0.25, -0.2) is 0 Å². The SMILES string of the molecule is Cc1noc(C)c1CN(C)C(=O)CCc1nc(-c2ccccc2)no1. The van der Waals surface area contributed by atoms with Gasteiger partial charge < -0.3 is 13.9 Å². The number of aromatic nitrogens is 3. The fourth-order valence-corrected chi connectivity index (χ4v) is 2.52. The summed E-state index contributed by atoms with van der Waals surface area (Å²) in [6.45, 7) is 4.18. The molecule has 7 nitrogen and oxygen atoms in total. The van der Waals surface area contributed by atoms with Crippen LogP contribution in [0.25, 0.3) is 11.4 Å². The lowest BCUT2D eigenvalue weighted by atomic mass is 10.2. The second kappa shape index (κ2) is 7.29. The number of hydrogen-bond donors (Lipinski definition) is 0. The largest absolute Gasteiger partial charge is 0.361 e. The minimum Gasteiger partial charge on any atom is -0.361 e. The molecular formula is C18H20N4O3. The molecule has 0 aliphatic carbocycles. The van der Waals surface area contributed by atoms with Crippen LogP contribution in [0.1, 0.15) is 29.3 Å². The smallest absolute Gasteiger partial charge is 0.227 e. The summed E-state index contributed by atoms with van der Waals surface area (Å²) < 4.78 is 10.4. The van der Waals surface area contributed by atoms with E-state index in [2.05, 4.69) is 15.3 Å². The Kier molecular flexibility index (Phi) is 4.92. The molecule has 0 aliphatic rings. The van der Waals surface area contributed by atoms with E-state index in [1.807, 2.05) is 44.2 Å². The Bertz CT molecular complexity index is 835. The maximum atomic E-state index is 12.3. The summed E-state index contributed by atoms with van der Waals surface area (Å²) >= 11 is 0. The Morgan fingerprint density at radius 3 is 2.56 bits per heavy atom. The number of aryl methyl sites for hydroxylation is 3. The van der Waals surface area contributed by atoms with Crippen LogP contribution >= 0.6 is 0 Å². The number of hydrogen-bond acceptors (Lipinski definition) is 6. The quantitative estimate of drug-likeness (QED) is 0.686. The fraction of sp³-hybridized carbons (Fsp3) is 0.333. The molecule has 7 heteroatoms. The Balaban J connectivity index is 1.56. The van der Waals surface area contributed by atoms with Crippen LogP contribution in [-0.4, -0.2) is 33.2 Å². The van der Waals surface area contributed by atoms with Crippen molar-refractivity contribution in [2.45, 2.75) is 33.2 Å². The monoisotopic (exact) mass is 340 g/mol. The second-order valence-electron chi connectivity index (χ2n) is 5.93. The van der Waals surface area contributed by atoms with Crippen LogP contribution < -0.4 is 0 Å². The molecule has 25 heavy (non-hydrogen) atoms. The van der Waals surface area contributed by atoms with E-state index in [0.717, 1.165) is 22.6 Å². The van der Waals surface area contributed by atoms with E-state index in [1.54, 1.807) is 11.9 Å². The predicted octanol–water partition coefficient (Wildman–Crippen LogP) is 2.93. The van der Waals surface area contributed by atoms with Crippen LogP contribution in [0.4, 0.5) is 0 Å². The van der Waals surface area contributed by atoms with Crippen molar-refractivity contribution < 1.29 is 13.8 Å². The summed E-state index contributed by atoms with van der Waals surface area (Å²) in [6, 6.07) is 9.59. The van der Waals surface area contributed by atoms with Crippen LogP contribution in [0.2, 0.25) is 0 Å². The molecule has 0 aliphatic heterocycles. The molecule has 0 saturated carbocycles. The maximum absolute atomic E-state index is 12.3. The minimum absolute atomic E-state index is 0.000499. The van der Waals surface area contributed by atoms with Gasteiger partial charge in [-0.05, 0) is 13.8 Å². The van der Waals surface area contributed by atoms with Gasteiger partial charge in [0, 0.05) is 31.0 Å². The summed E-state index contributed by atoms with van der Waals surface area (Å²) in [4.78, 5) is 18.3. The first kappa shape index (κ1) is 16.9. The predicted molar refractivity (Wildman–Crippen MR) is 90.5 cm³/mol. The molecule has 2 aromatic heterocycles. The number of carbonyl (C=O) groups is 1. The van der Waals surface area contributed by atoms with Gasteiger partial charge >= 0.3 is 0 Å². The molecule has 0 spiro atoms. The highest BCUT2D eigenvalue weighted by atomic mass is 16.5. The molecule has 0 saturated heterocycles. The lowest BCUT2D eigenvalue weighted by molar-refractivity contribution is -0.130. The van der Waals surface area contributed by atoms with Gasteiger partial charge in [-0.15, -0.1) is 0 Å². The summed E-state index contributed by atoms with van der Waals surface area (Å²) in [5, 5.41) is 7.87. The molecule has 3 aromatic rings. The second-order valence-corrected chi connectivity index (χ2v) is 5.93. The molecule has 0 bridgehead atoms. The summed E-state index contributed by atoms with van der Waals surface area (Å²) in [5.41, 5.74) is 2.64. The molecular weight excluding hydrogens is 320 g/mol. The van der Waals surface area contributed by atoms with E-state index in [4.69, 9.17) is 9.05 Å². The van der Waals surface area contributed by atoms with Gasteiger partial charge in [0.1, 0.15) is 5.76 Å². The summed E-state index contributed by atoms with van der Waals surface area (Å²) in [7, 11) is 1.76. The van der Waals surface area contributed by atoms with Crippen molar-refractivity contribution in [3.05, 3.63) is 53.2 Å². The number of rotatable bonds is 6. The molecule has 0 unspecified atom stereocenters. The van der Waals surface area contributed by atoms with Crippen molar-refractivity contribution in [1.82, 2.24) is 20.2 Å². The Labute approximate surface area is 145 Å². The third-order valence-electron chi connectivity index (χ3n) is 4.06. The fourth-order valence-electron chi connectivity index (χ4n) is 2.52. The summed E-state index contributed by atoms with van der Waals surface area (Å²) in [5.74, 6) is 1.73. The van der Waals surface area contributed by atoms with Crippen LogP contribution in [0, 0.1) is 13.8 Å². The molecule has 2 heterocycles. The summed E-state index contributed by atoms with van der Waals surface area (Å²) in [6.07, 6.45) is 0.709. The Morgan fingerprint density at radius 1 is 1.12 bits per heavy atom. The van der Waals surface area contributed by atoms with Crippen LogP contribution in [0.15, 0.2) is 39.4 Å². The van der Waals surface area contributed by atoms with Crippen molar-refractivity contribution in [2.75, 3.05) is 7.05 Å². The minimum atomic E-state index is -0.000499. The molecule has 0 N–H and O–H groups in total. The van der Waals surface area contributed by atoms with E-state index >= 15 is 0 Å². The average molecular weight is 340 g/mol. The molecule has 0 fully saturated rings. The molecule has 1 amide bonds. The molecule has 0 atom stereocenters. The lowest BCUT2D eigenvalue weighted by Gasteiger charge is -2.16. The first-order valence-corrected chi connectivity index (χ1v) is 8.08.